The Morgan fingerprint density at radius 1 is 1.35 bits per heavy atom. The van der Waals surface area contributed by atoms with Gasteiger partial charge in [-0.15, -0.1) is 0 Å². The third kappa shape index (κ3) is 1.97. The van der Waals surface area contributed by atoms with E-state index in [1.165, 1.54) is 11.1 Å². The summed E-state index contributed by atoms with van der Waals surface area (Å²) in [5.74, 6) is 0.689. The van der Waals surface area contributed by atoms with Crippen LogP contribution in [0.5, 0.6) is 0 Å². The summed E-state index contributed by atoms with van der Waals surface area (Å²) in [6, 6.07) is 10.2. The highest BCUT2D eigenvalue weighted by atomic mass is 15.2. The fourth-order valence-electron chi connectivity index (χ4n) is 2.72. The molecule has 1 aliphatic rings. The molecule has 1 aromatic heterocycles. The Morgan fingerprint density at radius 3 is 3.00 bits per heavy atom. The number of nitriles is 1. The maximum absolute atomic E-state index is 9.10. The molecule has 1 aromatic carbocycles. The highest BCUT2D eigenvalue weighted by Crippen LogP contribution is 2.36. The summed E-state index contributed by atoms with van der Waals surface area (Å²) in [4.78, 5) is 6.50. The van der Waals surface area contributed by atoms with Crippen LogP contribution in [-0.2, 0) is 6.42 Å². The van der Waals surface area contributed by atoms with Crippen LogP contribution in [0.2, 0.25) is 0 Å². The van der Waals surface area contributed by atoms with Gasteiger partial charge < -0.3 is 10.6 Å². The SMILES string of the molecule is Cc1ccc2c(c1)CCCN2c1nccc(C#N)c1N. The number of nitrogens with two attached hydrogens (primary N) is 1. The highest BCUT2D eigenvalue weighted by Gasteiger charge is 2.21. The van der Waals surface area contributed by atoms with Gasteiger partial charge in [0.15, 0.2) is 5.82 Å². The number of nitrogens with zero attached hydrogens (tertiary/aromatic N) is 3. The van der Waals surface area contributed by atoms with E-state index in [2.05, 4.69) is 41.1 Å². The van der Waals surface area contributed by atoms with Gasteiger partial charge in [0.2, 0.25) is 0 Å². The van der Waals surface area contributed by atoms with Crippen LogP contribution in [0.15, 0.2) is 30.5 Å². The predicted octanol–water partition coefficient (Wildman–Crippen LogP) is 2.93. The Bertz CT molecular complexity index is 700. The average molecular weight is 264 g/mol. The van der Waals surface area contributed by atoms with Crippen molar-refractivity contribution in [1.29, 1.82) is 5.26 Å². The summed E-state index contributed by atoms with van der Waals surface area (Å²) in [6.45, 7) is 2.98. The molecule has 0 aliphatic carbocycles. The fraction of sp³-hybridized carbons (Fsp3) is 0.250. The minimum Gasteiger partial charge on any atom is -0.395 e. The maximum Gasteiger partial charge on any atom is 0.157 e. The van der Waals surface area contributed by atoms with Crippen LogP contribution in [0.4, 0.5) is 17.2 Å². The molecule has 2 aromatic rings. The second-order valence-corrected chi connectivity index (χ2v) is 5.09. The van der Waals surface area contributed by atoms with Crippen LogP contribution in [0.1, 0.15) is 23.1 Å². The smallest absolute Gasteiger partial charge is 0.157 e. The zero-order valence-corrected chi connectivity index (χ0v) is 11.4. The number of rotatable bonds is 1. The third-order valence-electron chi connectivity index (χ3n) is 3.70. The number of aromatic nitrogens is 1. The Kier molecular flexibility index (Phi) is 3.03. The first-order valence-electron chi connectivity index (χ1n) is 6.72. The van der Waals surface area contributed by atoms with Gasteiger partial charge in [-0.25, -0.2) is 4.98 Å². The lowest BCUT2D eigenvalue weighted by molar-refractivity contribution is 0.759. The standard InChI is InChI=1S/C16H16N4/c1-11-4-5-14-12(9-11)3-2-8-20(14)16-15(18)13(10-17)6-7-19-16/h4-7,9H,2-3,8,18H2,1H3. The Balaban J connectivity index is 2.12. The molecule has 0 fully saturated rings. The molecule has 0 saturated heterocycles. The van der Waals surface area contributed by atoms with Crippen molar-refractivity contribution in [2.24, 2.45) is 0 Å². The van der Waals surface area contributed by atoms with Crippen molar-refractivity contribution < 1.29 is 0 Å². The number of hydrogen-bond acceptors (Lipinski definition) is 4. The molecule has 2 N–H and O–H groups in total. The number of nitrogen functional groups attached to an aromatic ring is 1. The number of hydrogen-bond donors (Lipinski definition) is 1. The lowest BCUT2D eigenvalue weighted by Gasteiger charge is -2.31. The number of pyridine rings is 1. The average Bonchev–Trinajstić information content (AvgIpc) is 2.46. The summed E-state index contributed by atoms with van der Waals surface area (Å²) in [6.07, 6.45) is 3.78. The van der Waals surface area contributed by atoms with Crippen molar-refractivity contribution in [2.45, 2.75) is 19.8 Å². The molecule has 0 bridgehead atoms. The first-order chi connectivity index (χ1) is 9.70. The largest absolute Gasteiger partial charge is 0.395 e. The number of benzene rings is 1. The van der Waals surface area contributed by atoms with E-state index in [1.54, 1.807) is 12.3 Å². The van der Waals surface area contributed by atoms with Crippen LogP contribution in [0, 0.1) is 18.3 Å². The van der Waals surface area contributed by atoms with Crippen LogP contribution >= 0.6 is 0 Å². The molecule has 2 heterocycles. The van der Waals surface area contributed by atoms with Gasteiger partial charge in [0.25, 0.3) is 0 Å². The van der Waals surface area contributed by atoms with E-state index in [4.69, 9.17) is 11.0 Å². The van der Waals surface area contributed by atoms with E-state index < -0.39 is 0 Å². The maximum atomic E-state index is 9.10. The van der Waals surface area contributed by atoms with E-state index in [9.17, 15) is 0 Å². The van der Waals surface area contributed by atoms with Crippen LogP contribution in [0.3, 0.4) is 0 Å². The summed E-state index contributed by atoms with van der Waals surface area (Å²) in [5.41, 5.74) is 10.8. The van der Waals surface area contributed by atoms with Gasteiger partial charge >= 0.3 is 0 Å². The second-order valence-electron chi connectivity index (χ2n) is 5.09. The predicted molar refractivity (Wildman–Crippen MR) is 79.9 cm³/mol. The molecular formula is C16H16N4. The molecule has 4 heteroatoms. The molecule has 0 saturated carbocycles. The summed E-state index contributed by atoms with van der Waals surface area (Å²) >= 11 is 0. The third-order valence-corrected chi connectivity index (χ3v) is 3.70. The van der Waals surface area contributed by atoms with Crippen molar-refractivity contribution >= 4 is 17.2 Å². The Labute approximate surface area is 118 Å². The van der Waals surface area contributed by atoms with Gasteiger partial charge in [-0.1, -0.05) is 17.7 Å². The van der Waals surface area contributed by atoms with E-state index in [1.807, 2.05) is 0 Å². The lowest BCUT2D eigenvalue weighted by Crippen LogP contribution is -2.26. The van der Waals surface area contributed by atoms with Gasteiger partial charge in [0.05, 0.1) is 11.3 Å². The topological polar surface area (TPSA) is 65.9 Å². The quantitative estimate of drug-likeness (QED) is 0.860. The minimum absolute atomic E-state index is 0.462. The highest BCUT2D eigenvalue weighted by molar-refractivity contribution is 5.77. The number of anilines is 3. The summed E-state index contributed by atoms with van der Waals surface area (Å²) < 4.78 is 0. The lowest BCUT2D eigenvalue weighted by atomic mass is 9.99. The monoisotopic (exact) mass is 264 g/mol. The molecule has 100 valence electrons. The summed E-state index contributed by atoms with van der Waals surface area (Å²) in [5, 5.41) is 9.10. The van der Waals surface area contributed by atoms with Crippen LogP contribution in [-0.4, -0.2) is 11.5 Å². The van der Waals surface area contributed by atoms with Crippen molar-refractivity contribution in [2.75, 3.05) is 17.2 Å². The second kappa shape index (κ2) is 4.86. The summed E-state index contributed by atoms with van der Waals surface area (Å²) in [7, 11) is 0. The van der Waals surface area contributed by atoms with Crippen LogP contribution in [0.25, 0.3) is 0 Å². The zero-order chi connectivity index (χ0) is 14.1. The molecule has 4 nitrogen and oxygen atoms in total. The molecule has 0 amide bonds. The van der Waals surface area contributed by atoms with E-state index in [-0.39, 0.29) is 0 Å². The van der Waals surface area contributed by atoms with Gasteiger partial charge in [0.1, 0.15) is 6.07 Å². The van der Waals surface area contributed by atoms with E-state index in [0.29, 0.717) is 17.1 Å². The van der Waals surface area contributed by atoms with Crippen molar-refractivity contribution in [3.63, 3.8) is 0 Å². The van der Waals surface area contributed by atoms with Gasteiger partial charge in [0, 0.05) is 18.4 Å². The molecule has 0 atom stereocenters. The van der Waals surface area contributed by atoms with Crippen molar-refractivity contribution in [3.05, 3.63) is 47.2 Å². The van der Waals surface area contributed by atoms with E-state index in [0.717, 1.165) is 25.1 Å². The minimum atomic E-state index is 0.462. The number of fused-ring (bicyclic) bond motifs is 1. The Hall–Kier alpha value is -2.54. The molecule has 20 heavy (non-hydrogen) atoms. The molecule has 0 radical (unpaired) electrons. The first-order valence-corrected chi connectivity index (χ1v) is 6.72. The molecular weight excluding hydrogens is 248 g/mol. The fourth-order valence-corrected chi connectivity index (χ4v) is 2.72. The molecule has 0 unspecified atom stereocenters. The van der Waals surface area contributed by atoms with Gasteiger partial charge in [-0.05, 0) is 37.5 Å². The first kappa shape index (κ1) is 12.5. The molecule has 3 rings (SSSR count). The molecule has 1 aliphatic heterocycles. The van der Waals surface area contributed by atoms with Crippen molar-refractivity contribution in [3.8, 4) is 6.07 Å². The molecule has 0 spiro atoms. The zero-order valence-electron chi connectivity index (χ0n) is 11.4. The van der Waals surface area contributed by atoms with Gasteiger partial charge in [-0.2, -0.15) is 5.26 Å². The van der Waals surface area contributed by atoms with Gasteiger partial charge in [-0.3, -0.25) is 0 Å². The normalized spacial score (nSPS) is 13.7. The van der Waals surface area contributed by atoms with Crippen LogP contribution < -0.4 is 10.6 Å². The Morgan fingerprint density at radius 2 is 2.20 bits per heavy atom. The number of aryl methyl sites for hydroxylation is 2. The van der Waals surface area contributed by atoms with E-state index >= 15 is 0 Å². The van der Waals surface area contributed by atoms with Crippen molar-refractivity contribution in [1.82, 2.24) is 4.98 Å².